The van der Waals surface area contributed by atoms with E-state index in [0.29, 0.717) is 11.5 Å². The number of amides is 1. The molecule has 0 saturated carbocycles. The lowest BCUT2D eigenvalue weighted by molar-refractivity contribution is 0.1000. The van der Waals surface area contributed by atoms with Gasteiger partial charge in [0.05, 0.1) is 0 Å². The largest absolute Gasteiger partial charge is 0.366 e. The first kappa shape index (κ1) is 12.4. The molecule has 0 saturated heterocycles. The van der Waals surface area contributed by atoms with Gasteiger partial charge in [-0.1, -0.05) is 50.2 Å². The maximum absolute atomic E-state index is 11.2. The van der Waals surface area contributed by atoms with E-state index in [1.54, 1.807) is 6.07 Å². The van der Waals surface area contributed by atoms with Crippen molar-refractivity contribution in [2.75, 3.05) is 0 Å². The molecule has 2 nitrogen and oxygen atoms in total. The molecule has 0 bridgehead atoms. The third-order valence-electron chi connectivity index (χ3n) is 3.04. The highest BCUT2D eigenvalue weighted by Gasteiger charge is 2.11. The number of benzene rings is 2. The van der Waals surface area contributed by atoms with Gasteiger partial charge in [-0.05, 0) is 34.7 Å². The van der Waals surface area contributed by atoms with E-state index in [0.717, 1.165) is 16.7 Å². The predicted octanol–water partition coefficient (Wildman–Crippen LogP) is 3.58. The first-order chi connectivity index (χ1) is 8.59. The van der Waals surface area contributed by atoms with Crippen molar-refractivity contribution in [3.63, 3.8) is 0 Å². The van der Waals surface area contributed by atoms with E-state index < -0.39 is 0 Å². The predicted molar refractivity (Wildman–Crippen MR) is 74.5 cm³/mol. The fourth-order valence-electron chi connectivity index (χ4n) is 2.07. The molecule has 2 aromatic rings. The van der Waals surface area contributed by atoms with Crippen molar-refractivity contribution in [2.24, 2.45) is 5.73 Å². The molecule has 0 aliphatic carbocycles. The van der Waals surface area contributed by atoms with E-state index in [1.165, 1.54) is 0 Å². The lowest BCUT2D eigenvalue weighted by Gasteiger charge is -2.14. The van der Waals surface area contributed by atoms with Crippen molar-refractivity contribution in [1.82, 2.24) is 0 Å². The normalized spacial score (nSPS) is 10.6. The van der Waals surface area contributed by atoms with Crippen LogP contribution in [0.1, 0.15) is 35.7 Å². The van der Waals surface area contributed by atoms with Gasteiger partial charge in [0.25, 0.3) is 0 Å². The van der Waals surface area contributed by atoms with Gasteiger partial charge in [-0.2, -0.15) is 0 Å². The van der Waals surface area contributed by atoms with Crippen molar-refractivity contribution >= 4 is 5.91 Å². The number of carbonyl (C=O) groups is 1. The Morgan fingerprint density at radius 2 is 1.72 bits per heavy atom. The molecule has 2 heteroatoms. The molecule has 2 rings (SSSR count). The number of hydrogen-bond acceptors (Lipinski definition) is 1. The van der Waals surface area contributed by atoms with Crippen LogP contribution in [0, 0.1) is 0 Å². The molecule has 0 atom stereocenters. The second kappa shape index (κ2) is 5.05. The third-order valence-corrected chi connectivity index (χ3v) is 3.04. The topological polar surface area (TPSA) is 43.1 Å². The Morgan fingerprint density at radius 1 is 1.06 bits per heavy atom. The summed E-state index contributed by atoms with van der Waals surface area (Å²) < 4.78 is 0. The lowest BCUT2D eigenvalue weighted by atomic mass is 9.91. The van der Waals surface area contributed by atoms with Crippen LogP contribution in [0.15, 0.2) is 48.5 Å². The zero-order valence-corrected chi connectivity index (χ0v) is 10.7. The van der Waals surface area contributed by atoms with Crippen LogP contribution in [0.3, 0.4) is 0 Å². The van der Waals surface area contributed by atoms with Crippen LogP contribution >= 0.6 is 0 Å². The van der Waals surface area contributed by atoms with Gasteiger partial charge >= 0.3 is 0 Å². The summed E-state index contributed by atoms with van der Waals surface area (Å²) in [4.78, 5) is 11.2. The third kappa shape index (κ3) is 2.43. The van der Waals surface area contributed by atoms with Crippen LogP contribution in [0.25, 0.3) is 11.1 Å². The van der Waals surface area contributed by atoms with Gasteiger partial charge in [0.2, 0.25) is 5.91 Å². The monoisotopic (exact) mass is 239 g/mol. The molecule has 0 radical (unpaired) electrons. The molecule has 18 heavy (non-hydrogen) atoms. The molecular weight excluding hydrogens is 222 g/mol. The number of primary amides is 1. The van der Waals surface area contributed by atoms with Crippen LogP contribution < -0.4 is 5.73 Å². The summed E-state index contributed by atoms with van der Waals surface area (Å²) in [6, 6.07) is 15.8. The molecule has 92 valence electrons. The van der Waals surface area contributed by atoms with Crippen molar-refractivity contribution in [2.45, 2.75) is 19.8 Å². The fraction of sp³-hybridized carbons (Fsp3) is 0.188. The van der Waals surface area contributed by atoms with Crippen LogP contribution in [0.2, 0.25) is 0 Å². The van der Waals surface area contributed by atoms with Crippen molar-refractivity contribution in [1.29, 1.82) is 0 Å². The summed E-state index contributed by atoms with van der Waals surface area (Å²) in [5.41, 5.74) is 9.38. The van der Waals surface area contributed by atoms with Crippen molar-refractivity contribution < 1.29 is 4.79 Å². The van der Waals surface area contributed by atoms with E-state index in [1.807, 2.05) is 30.3 Å². The first-order valence-electron chi connectivity index (χ1n) is 6.08. The quantitative estimate of drug-likeness (QED) is 0.874. The molecule has 2 N–H and O–H groups in total. The smallest absolute Gasteiger partial charge is 0.248 e. The maximum Gasteiger partial charge on any atom is 0.248 e. The second-order valence-electron chi connectivity index (χ2n) is 4.69. The molecule has 0 aromatic heterocycles. The summed E-state index contributed by atoms with van der Waals surface area (Å²) in [7, 11) is 0. The maximum atomic E-state index is 11.2. The number of carbonyl (C=O) groups excluding carboxylic acids is 1. The molecule has 0 aliphatic rings. The van der Waals surface area contributed by atoms with Crippen molar-refractivity contribution in [3.05, 3.63) is 59.7 Å². The minimum Gasteiger partial charge on any atom is -0.366 e. The highest BCUT2D eigenvalue weighted by atomic mass is 16.1. The van der Waals surface area contributed by atoms with Crippen LogP contribution in [0.5, 0.6) is 0 Å². The highest BCUT2D eigenvalue weighted by molar-refractivity contribution is 5.93. The average molecular weight is 239 g/mol. The number of nitrogens with two attached hydrogens (primary N) is 1. The zero-order chi connectivity index (χ0) is 13.1. The van der Waals surface area contributed by atoms with Gasteiger partial charge in [-0.15, -0.1) is 0 Å². The van der Waals surface area contributed by atoms with Gasteiger partial charge < -0.3 is 5.73 Å². The summed E-state index contributed by atoms with van der Waals surface area (Å²) in [5.74, 6) is -0.0315. The summed E-state index contributed by atoms with van der Waals surface area (Å²) in [6.07, 6.45) is 0. The standard InChI is InChI=1S/C16H17NO/c1-11(2)15-10-13(16(17)18)8-9-14(15)12-6-4-3-5-7-12/h3-11H,1-2H3,(H2,17,18). The molecule has 0 aliphatic heterocycles. The van der Waals surface area contributed by atoms with E-state index in [4.69, 9.17) is 5.73 Å². The average Bonchev–Trinajstić information content (AvgIpc) is 2.39. The zero-order valence-electron chi connectivity index (χ0n) is 10.7. The van der Waals surface area contributed by atoms with E-state index in [-0.39, 0.29) is 5.91 Å². The second-order valence-corrected chi connectivity index (χ2v) is 4.69. The van der Waals surface area contributed by atoms with Gasteiger partial charge in [-0.25, -0.2) is 0 Å². The van der Waals surface area contributed by atoms with Crippen LogP contribution in [-0.2, 0) is 0 Å². The van der Waals surface area contributed by atoms with E-state index in [2.05, 4.69) is 26.0 Å². The Hall–Kier alpha value is -2.09. The first-order valence-corrected chi connectivity index (χ1v) is 6.08. The Kier molecular flexibility index (Phi) is 3.47. The van der Waals surface area contributed by atoms with Gasteiger partial charge in [-0.3, -0.25) is 4.79 Å². The molecule has 0 fully saturated rings. The number of rotatable bonds is 3. The van der Waals surface area contributed by atoms with E-state index >= 15 is 0 Å². The summed E-state index contributed by atoms with van der Waals surface area (Å²) >= 11 is 0. The molecule has 0 unspecified atom stereocenters. The fourth-order valence-corrected chi connectivity index (χ4v) is 2.07. The molecule has 1 amide bonds. The minimum atomic E-state index is -0.378. The van der Waals surface area contributed by atoms with Gasteiger partial charge in [0, 0.05) is 5.56 Å². The summed E-state index contributed by atoms with van der Waals surface area (Å²) in [6.45, 7) is 4.24. The SMILES string of the molecule is CC(C)c1cc(C(N)=O)ccc1-c1ccccc1. The Morgan fingerprint density at radius 3 is 2.28 bits per heavy atom. The van der Waals surface area contributed by atoms with E-state index in [9.17, 15) is 4.79 Å². The Bertz CT molecular complexity index is 559. The Labute approximate surface area is 107 Å². The summed E-state index contributed by atoms with van der Waals surface area (Å²) in [5, 5.41) is 0. The van der Waals surface area contributed by atoms with Gasteiger partial charge in [0.15, 0.2) is 0 Å². The highest BCUT2D eigenvalue weighted by Crippen LogP contribution is 2.29. The van der Waals surface area contributed by atoms with Crippen LogP contribution in [0.4, 0.5) is 0 Å². The van der Waals surface area contributed by atoms with Crippen LogP contribution in [-0.4, -0.2) is 5.91 Å². The molecule has 2 aromatic carbocycles. The lowest BCUT2D eigenvalue weighted by Crippen LogP contribution is -2.11. The molecular formula is C16H17NO. The van der Waals surface area contributed by atoms with Gasteiger partial charge in [0.1, 0.15) is 0 Å². The Balaban J connectivity index is 2.58. The minimum absolute atomic E-state index is 0.347. The number of hydrogen-bond donors (Lipinski definition) is 1. The van der Waals surface area contributed by atoms with Crippen molar-refractivity contribution in [3.8, 4) is 11.1 Å². The molecule has 0 heterocycles. The molecule has 0 spiro atoms.